The van der Waals surface area contributed by atoms with Gasteiger partial charge < -0.3 is 29.0 Å². The van der Waals surface area contributed by atoms with Crippen molar-refractivity contribution >= 4 is 11.0 Å². The van der Waals surface area contributed by atoms with E-state index in [1.165, 1.54) is 37.4 Å². The zero-order valence-electron chi connectivity index (χ0n) is 21.8. The Balaban J connectivity index is 1.30. The lowest BCUT2D eigenvalue weighted by Crippen LogP contribution is -2.48. The predicted octanol–water partition coefficient (Wildman–Crippen LogP) is 4.69. The largest absolute Gasteiger partial charge is 0.633 e. The zero-order chi connectivity index (χ0) is 26.1. The summed E-state index contributed by atoms with van der Waals surface area (Å²) < 4.78 is 59.2. The summed E-state index contributed by atoms with van der Waals surface area (Å²) in [5, 5.41) is 28.2. The molecule has 1 atom stereocenters. The fraction of sp³-hybridized carbons (Fsp3) is 0.458. The number of halogens is 1. The SMILES string of the molecule is [2H]C([2H])([2H])C([2H])(O)c1ccc(OCCC[N+]2([O-])CCC(c3noc4cc(F)ccc34)CC2)c(OC)c1. The summed E-state index contributed by atoms with van der Waals surface area (Å²) in [6, 6.07) is 8.38. The van der Waals surface area contributed by atoms with Crippen LogP contribution in [0.3, 0.4) is 0 Å². The Hall–Kier alpha value is -2.68. The number of hydrogen-bond donors (Lipinski definition) is 1. The number of methoxy groups -OCH3 is 1. The summed E-state index contributed by atoms with van der Waals surface area (Å²) in [5.41, 5.74) is 1.04. The van der Waals surface area contributed by atoms with Gasteiger partial charge in [-0.15, -0.1) is 0 Å². The van der Waals surface area contributed by atoms with Gasteiger partial charge in [-0.05, 0) is 36.7 Å². The van der Waals surface area contributed by atoms with E-state index in [-0.39, 0.29) is 34.3 Å². The number of hydrogen-bond acceptors (Lipinski definition) is 6. The van der Waals surface area contributed by atoms with Crippen LogP contribution in [0.1, 0.15) is 54.9 Å². The molecule has 4 rings (SSSR count). The molecular weight excluding hydrogens is 415 g/mol. The second kappa shape index (κ2) is 9.44. The molecule has 7 nitrogen and oxygen atoms in total. The molecule has 0 radical (unpaired) electrons. The van der Waals surface area contributed by atoms with Crippen LogP contribution < -0.4 is 9.47 Å². The number of nitrogens with zero attached hydrogens (tertiary/aromatic N) is 2. The Labute approximate surface area is 192 Å². The van der Waals surface area contributed by atoms with E-state index in [9.17, 15) is 14.7 Å². The number of aromatic nitrogens is 1. The molecule has 1 fully saturated rings. The van der Waals surface area contributed by atoms with Crippen LogP contribution >= 0.6 is 0 Å². The van der Waals surface area contributed by atoms with Crippen molar-refractivity contribution in [3.63, 3.8) is 0 Å². The average Bonchev–Trinajstić information content (AvgIpc) is 3.24. The second-order valence-corrected chi connectivity index (χ2v) is 8.13. The Morgan fingerprint density at radius 2 is 2.12 bits per heavy atom. The fourth-order valence-electron chi connectivity index (χ4n) is 4.23. The maximum Gasteiger partial charge on any atom is 0.170 e. The number of likely N-dealkylation sites (tertiary alicyclic amines) is 1. The van der Waals surface area contributed by atoms with Crippen molar-refractivity contribution in [1.29, 1.82) is 0 Å². The van der Waals surface area contributed by atoms with Gasteiger partial charge in [0, 0.05) is 40.7 Å². The second-order valence-electron chi connectivity index (χ2n) is 8.13. The van der Waals surface area contributed by atoms with Gasteiger partial charge in [0.1, 0.15) is 5.82 Å². The minimum absolute atomic E-state index is 0.0847. The Kier molecular flexibility index (Phi) is 5.26. The molecule has 1 aliphatic heterocycles. The first-order valence-corrected chi connectivity index (χ1v) is 10.6. The minimum atomic E-state index is -2.93. The van der Waals surface area contributed by atoms with Crippen LogP contribution in [0.25, 0.3) is 11.0 Å². The van der Waals surface area contributed by atoms with Crippen molar-refractivity contribution in [2.75, 3.05) is 33.4 Å². The molecule has 0 amide bonds. The average molecular weight is 449 g/mol. The molecule has 1 N–H and O–H groups in total. The van der Waals surface area contributed by atoms with Gasteiger partial charge in [0.25, 0.3) is 0 Å². The monoisotopic (exact) mass is 448 g/mol. The molecule has 2 aromatic carbocycles. The predicted molar refractivity (Wildman–Crippen MR) is 118 cm³/mol. The third-order valence-corrected chi connectivity index (χ3v) is 6.02. The maximum absolute atomic E-state index is 13.4. The number of fused-ring (bicyclic) bond motifs is 1. The summed E-state index contributed by atoms with van der Waals surface area (Å²) >= 11 is 0. The van der Waals surface area contributed by atoms with Gasteiger partial charge in [0.05, 0.1) is 46.5 Å². The first kappa shape index (κ1) is 17.8. The molecule has 1 aliphatic rings. The normalized spacial score (nSPS) is 25.3. The van der Waals surface area contributed by atoms with Gasteiger partial charge in [0.2, 0.25) is 0 Å². The molecular formula is C24H29FN2O5. The molecule has 0 bridgehead atoms. The summed E-state index contributed by atoms with van der Waals surface area (Å²) in [7, 11) is 1.38. The highest BCUT2D eigenvalue weighted by molar-refractivity contribution is 5.79. The summed E-state index contributed by atoms with van der Waals surface area (Å²) in [6.07, 6.45) is -0.988. The van der Waals surface area contributed by atoms with Gasteiger partial charge in [-0.2, -0.15) is 0 Å². The Morgan fingerprint density at radius 1 is 1.31 bits per heavy atom. The standard InChI is InChI=1S/C24H29FN2O5/c1-16(28)18-4-7-21(23(14-18)30-2)31-13-3-10-27(29)11-8-17(9-12-27)24-20-6-5-19(25)15-22(20)32-26-24/h4-7,14-17,28H,3,8-13H2,1-2H3/i1D3,16D. The first-order chi connectivity index (χ1) is 16.9. The third kappa shape index (κ3) is 4.87. The highest BCUT2D eigenvalue weighted by Crippen LogP contribution is 2.35. The molecule has 8 heteroatoms. The van der Waals surface area contributed by atoms with Gasteiger partial charge in [-0.25, -0.2) is 4.39 Å². The third-order valence-electron chi connectivity index (χ3n) is 6.02. The number of piperidine rings is 1. The van der Waals surface area contributed by atoms with Gasteiger partial charge in [0.15, 0.2) is 17.1 Å². The summed E-state index contributed by atoms with van der Waals surface area (Å²) in [6.45, 7) is -1.47. The van der Waals surface area contributed by atoms with Gasteiger partial charge in [-0.1, -0.05) is 11.2 Å². The van der Waals surface area contributed by atoms with E-state index in [2.05, 4.69) is 5.16 Å². The fourth-order valence-corrected chi connectivity index (χ4v) is 4.23. The number of rotatable bonds is 8. The molecule has 0 aliphatic carbocycles. The number of benzene rings is 2. The smallest absolute Gasteiger partial charge is 0.170 e. The molecule has 32 heavy (non-hydrogen) atoms. The highest BCUT2D eigenvalue weighted by atomic mass is 19.1. The van der Waals surface area contributed by atoms with E-state index in [0.717, 1.165) is 11.1 Å². The molecule has 3 aromatic rings. The van der Waals surface area contributed by atoms with E-state index in [0.29, 0.717) is 50.2 Å². The quantitative estimate of drug-likeness (QED) is 0.306. The van der Waals surface area contributed by atoms with Crippen molar-refractivity contribution in [2.45, 2.75) is 38.1 Å². The number of hydroxylamine groups is 3. The molecule has 1 unspecified atom stereocenters. The maximum atomic E-state index is 13.4. The van der Waals surface area contributed by atoms with E-state index >= 15 is 0 Å². The van der Waals surface area contributed by atoms with Crippen LogP contribution in [0.15, 0.2) is 40.9 Å². The van der Waals surface area contributed by atoms with Crippen LogP contribution in [0.4, 0.5) is 4.39 Å². The van der Waals surface area contributed by atoms with E-state index in [4.69, 9.17) is 19.5 Å². The number of ether oxygens (including phenoxy) is 2. The van der Waals surface area contributed by atoms with Crippen molar-refractivity contribution in [1.82, 2.24) is 5.16 Å². The Bertz CT molecular complexity index is 1210. The lowest BCUT2D eigenvalue weighted by atomic mass is 9.91. The van der Waals surface area contributed by atoms with Crippen LogP contribution in [-0.4, -0.2) is 48.3 Å². The van der Waals surface area contributed by atoms with E-state index < -0.39 is 12.9 Å². The highest BCUT2D eigenvalue weighted by Gasteiger charge is 2.30. The van der Waals surface area contributed by atoms with Crippen LogP contribution in [0, 0.1) is 11.0 Å². The number of quaternary nitrogens is 1. The molecule has 172 valence electrons. The topological polar surface area (TPSA) is 87.8 Å². The molecule has 0 saturated carbocycles. The van der Waals surface area contributed by atoms with Gasteiger partial charge in [-0.3, -0.25) is 0 Å². The first-order valence-electron chi connectivity index (χ1n) is 12.6. The molecule has 1 saturated heterocycles. The molecule has 1 aromatic heterocycles. The van der Waals surface area contributed by atoms with Crippen molar-refractivity contribution in [3.8, 4) is 11.5 Å². The van der Waals surface area contributed by atoms with Crippen LogP contribution in [-0.2, 0) is 0 Å². The van der Waals surface area contributed by atoms with Crippen molar-refractivity contribution in [3.05, 3.63) is 58.7 Å². The minimum Gasteiger partial charge on any atom is -0.633 e. The molecule has 2 heterocycles. The van der Waals surface area contributed by atoms with Crippen molar-refractivity contribution in [2.24, 2.45) is 0 Å². The molecule has 0 spiro atoms. The summed E-state index contributed by atoms with van der Waals surface area (Å²) in [4.78, 5) is 0. The number of aliphatic hydroxyl groups is 1. The lowest BCUT2D eigenvalue weighted by molar-refractivity contribution is -0.886. The van der Waals surface area contributed by atoms with E-state index in [1.54, 1.807) is 6.07 Å². The lowest BCUT2D eigenvalue weighted by Gasteiger charge is -2.47. The van der Waals surface area contributed by atoms with Gasteiger partial charge >= 0.3 is 0 Å². The van der Waals surface area contributed by atoms with E-state index in [1.807, 2.05) is 0 Å². The zero-order valence-corrected chi connectivity index (χ0v) is 17.8. The summed E-state index contributed by atoms with van der Waals surface area (Å²) in [5.74, 6) is 0.219. The van der Waals surface area contributed by atoms with Crippen molar-refractivity contribution < 1.29 is 33.6 Å². The van der Waals surface area contributed by atoms with Crippen LogP contribution in [0.5, 0.6) is 11.5 Å². The Morgan fingerprint density at radius 3 is 2.88 bits per heavy atom. The van der Waals surface area contributed by atoms with Crippen LogP contribution in [0.2, 0.25) is 0 Å².